The number of methoxy groups -OCH3 is 1. The van der Waals surface area contributed by atoms with Gasteiger partial charge in [0.25, 0.3) is 5.22 Å². The number of amides is 1. The molecule has 7 heteroatoms. The lowest BCUT2D eigenvalue weighted by molar-refractivity contribution is -0.129. The molecule has 2 aromatic carbocycles. The topological polar surface area (TPSA) is 68.5 Å². The van der Waals surface area contributed by atoms with Crippen molar-refractivity contribution in [2.24, 2.45) is 0 Å². The number of carbonyl (C=O) groups excluding carboxylic acids is 1. The van der Waals surface area contributed by atoms with Crippen LogP contribution < -0.4 is 4.74 Å². The number of rotatable bonds is 5. The molecule has 0 radical (unpaired) electrons. The van der Waals surface area contributed by atoms with E-state index in [1.54, 1.807) is 7.11 Å². The Morgan fingerprint density at radius 1 is 1.19 bits per heavy atom. The average Bonchev–Trinajstić information content (AvgIpc) is 3.21. The van der Waals surface area contributed by atoms with Crippen LogP contribution in [0.5, 0.6) is 5.75 Å². The zero-order valence-corrected chi connectivity index (χ0v) is 15.7. The summed E-state index contributed by atoms with van der Waals surface area (Å²) in [5, 5.41) is 8.49. The minimum Gasteiger partial charge on any atom is -0.497 e. The number of nitrogens with zero attached hydrogens (tertiary/aromatic N) is 3. The summed E-state index contributed by atoms with van der Waals surface area (Å²) >= 11 is 1.27. The molecule has 0 atom stereocenters. The predicted octanol–water partition coefficient (Wildman–Crippen LogP) is 3.42. The number of carbonyl (C=O) groups is 1. The average molecular weight is 381 g/mol. The fourth-order valence-corrected chi connectivity index (χ4v) is 3.73. The van der Waals surface area contributed by atoms with Gasteiger partial charge in [0.15, 0.2) is 0 Å². The Kier molecular flexibility index (Phi) is 5.11. The molecule has 4 rings (SSSR count). The molecule has 1 aliphatic rings. The first-order chi connectivity index (χ1) is 13.2. The van der Waals surface area contributed by atoms with E-state index in [4.69, 9.17) is 9.15 Å². The molecule has 0 unspecified atom stereocenters. The SMILES string of the molecule is COc1cccc(-c2nnc(SCC(=O)N3CCc4ccccc4C3)o2)c1. The maximum Gasteiger partial charge on any atom is 0.277 e. The molecule has 1 aromatic heterocycles. The number of thioether (sulfide) groups is 1. The summed E-state index contributed by atoms with van der Waals surface area (Å²) in [6.45, 7) is 1.41. The van der Waals surface area contributed by atoms with Crippen LogP contribution in [0.1, 0.15) is 11.1 Å². The summed E-state index contributed by atoms with van der Waals surface area (Å²) in [5.41, 5.74) is 3.34. The second-order valence-electron chi connectivity index (χ2n) is 6.23. The molecule has 27 heavy (non-hydrogen) atoms. The van der Waals surface area contributed by atoms with Gasteiger partial charge in [-0.2, -0.15) is 0 Å². The molecule has 0 fully saturated rings. The first-order valence-electron chi connectivity index (χ1n) is 8.68. The molecule has 0 spiro atoms. The van der Waals surface area contributed by atoms with Crippen LogP contribution in [0.15, 0.2) is 58.2 Å². The highest BCUT2D eigenvalue weighted by molar-refractivity contribution is 7.99. The molecule has 138 valence electrons. The Morgan fingerprint density at radius 2 is 2.04 bits per heavy atom. The molecule has 1 aliphatic heterocycles. The standard InChI is InChI=1S/C20H19N3O3S/c1-25-17-8-4-7-15(11-17)19-21-22-20(26-19)27-13-18(24)23-10-9-14-5-2-3-6-16(14)12-23/h2-8,11H,9-10,12-13H2,1H3. The van der Waals surface area contributed by atoms with E-state index in [9.17, 15) is 4.79 Å². The third kappa shape index (κ3) is 3.98. The van der Waals surface area contributed by atoms with Crippen molar-refractivity contribution in [2.45, 2.75) is 18.2 Å². The molecule has 0 saturated heterocycles. The van der Waals surface area contributed by atoms with Gasteiger partial charge in [-0.1, -0.05) is 42.1 Å². The van der Waals surface area contributed by atoms with E-state index in [2.05, 4.69) is 22.3 Å². The Morgan fingerprint density at radius 3 is 2.89 bits per heavy atom. The third-order valence-corrected chi connectivity index (χ3v) is 5.33. The molecule has 2 heterocycles. The predicted molar refractivity (Wildman–Crippen MR) is 103 cm³/mol. The Bertz CT molecular complexity index is 957. The largest absolute Gasteiger partial charge is 0.497 e. The van der Waals surface area contributed by atoms with Crippen molar-refractivity contribution >= 4 is 17.7 Å². The Balaban J connectivity index is 1.37. The number of fused-ring (bicyclic) bond motifs is 1. The van der Waals surface area contributed by atoms with Gasteiger partial charge in [-0.25, -0.2) is 0 Å². The maximum atomic E-state index is 12.5. The van der Waals surface area contributed by atoms with E-state index >= 15 is 0 Å². The van der Waals surface area contributed by atoms with Crippen molar-refractivity contribution in [1.82, 2.24) is 15.1 Å². The van der Waals surface area contributed by atoms with Gasteiger partial charge in [0, 0.05) is 18.7 Å². The Hall–Kier alpha value is -2.80. The molecule has 0 aliphatic carbocycles. The normalized spacial score (nSPS) is 13.3. The van der Waals surface area contributed by atoms with Crippen molar-refractivity contribution in [3.05, 3.63) is 59.7 Å². The lowest BCUT2D eigenvalue weighted by Crippen LogP contribution is -2.37. The van der Waals surface area contributed by atoms with Crippen LogP contribution in [0.3, 0.4) is 0 Å². The van der Waals surface area contributed by atoms with Gasteiger partial charge in [0.1, 0.15) is 5.75 Å². The van der Waals surface area contributed by atoms with E-state index in [0.717, 1.165) is 24.3 Å². The second kappa shape index (κ2) is 7.84. The zero-order valence-electron chi connectivity index (χ0n) is 14.9. The number of benzene rings is 2. The third-order valence-electron chi connectivity index (χ3n) is 4.53. The molecule has 3 aromatic rings. The van der Waals surface area contributed by atoms with Crippen molar-refractivity contribution in [3.8, 4) is 17.2 Å². The minimum absolute atomic E-state index is 0.0793. The fourth-order valence-electron chi connectivity index (χ4n) is 3.06. The van der Waals surface area contributed by atoms with E-state index in [-0.39, 0.29) is 11.7 Å². The van der Waals surface area contributed by atoms with E-state index in [0.29, 0.717) is 17.7 Å². The highest BCUT2D eigenvalue weighted by atomic mass is 32.2. The van der Waals surface area contributed by atoms with Crippen molar-refractivity contribution in [1.29, 1.82) is 0 Å². The maximum absolute atomic E-state index is 12.5. The number of ether oxygens (including phenoxy) is 1. The Labute approximate surface area is 161 Å². The zero-order chi connectivity index (χ0) is 18.6. The number of hydrogen-bond donors (Lipinski definition) is 0. The second-order valence-corrected chi connectivity index (χ2v) is 7.15. The van der Waals surface area contributed by atoms with Crippen LogP contribution in [0, 0.1) is 0 Å². The van der Waals surface area contributed by atoms with Gasteiger partial charge in [-0.05, 0) is 35.7 Å². The summed E-state index contributed by atoms with van der Waals surface area (Å²) in [4.78, 5) is 14.4. The summed E-state index contributed by atoms with van der Waals surface area (Å²) in [7, 11) is 1.61. The molecule has 0 bridgehead atoms. The monoisotopic (exact) mass is 381 g/mol. The smallest absolute Gasteiger partial charge is 0.277 e. The van der Waals surface area contributed by atoms with Gasteiger partial charge < -0.3 is 14.1 Å². The molecular weight excluding hydrogens is 362 g/mol. The van der Waals surface area contributed by atoms with Gasteiger partial charge in [0.05, 0.1) is 12.9 Å². The summed E-state index contributed by atoms with van der Waals surface area (Å²) in [6.07, 6.45) is 0.896. The summed E-state index contributed by atoms with van der Waals surface area (Å²) < 4.78 is 10.9. The van der Waals surface area contributed by atoms with Crippen LogP contribution in [-0.4, -0.2) is 40.4 Å². The van der Waals surface area contributed by atoms with Gasteiger partial charge in [-0.3, -0.25) is 4.79 Å². The number of hydrogen-bond acceptors (Lipinski definition) is 6. The van der Waals surface area contributed by atoms with E-state index in [1.807, 2.05) is 41.3 Å². The summed E-state index contributed by atoms with van der Waals surface area (Å²) in [5.74, 6) is 1.49. The van der Waals surface area contributed by atoms with Crippen LogP contribution in [0.4, 0.5) is 0 Å². The van der Waals surface area contributed by atoms with E-state index in [1.165, 1.54) is 22.9 Å². The molecular formula is C20H19N3O3S. The molecule has 1 amide bonds. The molecule has 6 nitrogen and oxygen atoms in total. The van der Waals surface area contributed by atoms with Gasteiger partial charge >= 0.3 is 0 Å². The number of aromatic nitrogens is 2. The van der Waals surface area contributed by atoms with Gasteiger partial charge in [-0.15, -0.1) is 10.2 Å². The van der Waals surface area contributed by atoms with Crippen molar-refractivity contribution in [3.63, 3.8) is 0 Å². The minimum atomic E-state index is 0.0793. The van der Waals surface area contributed by atoms with Crippen LogP contribution in [-0.2, 0) is 17.8 Å². The van der Waals surface area contributed by atoms with Crippen molar-refractivity contribution in [2.75, 3.05) is 19.4 Å². The van der Waals surface area contributed by atoms with Crippen LogP contribution in [0.2, 0.25) is 0 Å². The fraction of sp³-hybridized carbons (Fsp3) is 0.250. The van der Waals surface area contributed by atoms with Gasteiger partial charge in [0.2, 0.25) is 11.8 Å². The van der Waals surface area contributed by atoms with Crippen LogP contribution in [0.25, 0.3) is 11.5 Å². The van der Waals surface area contributed by atoms with Crippen molar-refractivity contribution < 1.29 is 13.9 Å². The molecule has 0 N–H and O–H groups in total. The lowest BCUT2D eigenvalue weighted by atomic mass is 10.00. The van der Waals surface area contributed by atoms with E-state index < -0.39 is 0 Å². The highest BCUT2D eigenvalue weighted by Gasteiger charge is 2.21. The summed E-state index contributed by atoms with van der Waals surface area (Å²) in [6, 6.07) is 15.7. The first kappa shape index (κ1) is 17.6. The highest BCUT2D eigenvalue weighted by Crippen LogP contribution is 2.26. The lowest BCUT2D eigenvalue weighted by Gasteiger charge is -2.28. The first-order valence-corrected chi connectivity index (χ1v) is 9.67. The van der Waals surface area contributed by atoms with Crippen LogP contribution >= 0.6 is 11.8 Å². The molecule has 0 saturated carbocycles. The quantitative estimate of drug-likeness (QED) is 0.631.